The zero-order valence-electron chi connectivity index (χ0n) is 14.9. The highest BCUT2D eigenvalue weighted by atomic mass is 16.7. The van der Waals surface area contributed by atoms with Crippen LogP contribution in [0.25, 0.3) is 0 Å². The Kier molecular flexibility index (Phi) is 3.77. The van der Waals surface area contributed by atoms with Crippen molar-refractivity contribution in [1.82, 2.24) is 4.90 Å². The molecule has 0 aromatic heterocycles. The number of amides is 2. The van der Waals surface area contributed by atoms with Crippen molar-refractivity contribution in [1.29, 1.82) is 0 Å². The largest absolute Gasteiger partial charge is 0.454 e. The van der Waals surface area contributed by atoms with Crippen molar-refractivity contribution in [3.8, 4) is 11.5 Å². The number of carbonyl (C=O) groups excluding carboxylic acids is 2. The number of carbonyl (C=O) groups is 2. The molecule has 0 aliphatic carbocycles. The molecule has 0 N–H and O–H groups in total. The summed E-state index contributed by atoms with van der Waals surface area (Å²) in [5, 5.41) is 0. The molecule has 2 aromatic rings. The number of hydrogen-bond acceptors (Lipinski definition) is 4. The van der Waals surface area contributed by atoms with Gasteiger partial charge in [-0.3, -0.25) is 9.59 Å². The van der Waals surface area contributed by atoms with E-state index in [0.29, 0.717) is 19.6 Å². The molecular formula is C21H20N2O4. The smallest absolute Gasteiger partial charge is 0.231 e. The minimum absolute atomic E-state index is 0.0142. The van der Waals surface area contributed by atoms with E-state index < -0.39 is 0 Å². The maximum Gasteiger partial charge on any atom is 0.231 e. The number of rotatable bonds is 2. The van der Waals surface area contributed by atoms with Gasteiger partial charge in [0.05, 0.1) is 5.92 Å². The van der Waals surface area contributed by atoms with Crippen molar-refractivity contribution in [3.05, 3.63) is 53.6 Å². The summed E-state index contributed by atoms with van der Waals surface area (Å²) >= 11 is 0. The van der Waals surface area contributed by atoms with Gasteiger partial charge in [0.25, 0.3) is 0 Å². The maximum atomic E-state index is 13.1. The SMILES string of the molecule is O=C(C1CC(=O)N(c2ccccc2)C1)N1CCc2cc3c(cc2C1)OCO3. The molecule has 0 radical (unpaired) electrons. The second-order valence-corrected chi connectivity index (χ2v) is 7.22. The van der Waals surface area contributed by atoms with Crippen molar-refractivity contribution >= 4 is 17.5 Å². The molecule has 1 saturated heterocycles. The predicted octanol–water partition coefficient (Wildman–Crippen LogP) is 2.35. The fourth-order valence-electron chi connectivity index (χ4n) is 4.12. The Labute approximate surface area is 157 Å². The maximum absolute atomic E-state index is 13.1. The summed E-state index contributed by atoms with van der Waals surface area (Å²) < 4.78 is 10.9. The van der Waals surface area contributed by atoms with E-state index >= 15 is 0 Å². The fraction of sp³-hybridized carbons (Fsp3) is 0.333. The van der Waals surface area contributed by atoms with E-state index in [4.69, 9.17) is 9.47 Å². The van der Waals surface area contributed by atoms with Crippen LogP contribution in [-0.2, 0) is 22.6 Å². The van der Waals surface area contributed by atoms with Gasteiger partial charge in [0, 0.05) is 31.7 Å². The lowest BCUT2D eigenvalue weighted by atomic mass is 9.97. The summed E-state index contributed by atoms with van der Waals surface area (Å²) in [6.07, 6.45) is 1.07. The molecule has 3 aliphatic heterocycles. The van der Waals surface area contributed by atoms with Gasteiger partial charge in [0.15, 0.2) is 11.5 Å². The van der Waals surface area contributed by atoms with Crippen LogP contribution in [0.4, 0.5) is 5.69 Å². The van der Waals surface area contributed by atoms with Crippen LogP contribution < -0.4 is 14.4 Å². The van der Waals surface area contributed by atoms with Crippen LogP contribution in [0, 0.1) is 5.92 Å². The number of anilines is 1. The summed E-state index contributed by atoms with van der Waals surface area (Å²) in [5.41, 5.74) is 3.16. The minimum Gasteiger partial charge on any atom is -0.454 e. The zero-order valence-corrected chi connectivity index (χ0v) is 14.9. The molecule has 0 bridgehead atoms. The third-order valence-electron chi connectivity index (χ3n) is 5.56. The third kappa shape index (κ3) is 2.81. The van der Waals surface area contributed by atoms with Crippen LogP contribution in [0.2, 0.25) is 0 Å². The Balaban J connectivity index is 1.31. The van der Waals surface area contributed by atoms with Gasteiger partial charge in [0.2, 0.25) is 18.6 Å². The van der Waals surface area contributed by atoms with Crippen LogP contribution in [0.3, 0.4) is 0 Å². The molecule has 0 saturated carbocycles. The highest BCUT2D eigenvalue weighted by molar-refractivity contribution is 6.00. The summed E-state index contributed by atoms with van der Waals surface area (Å²) in [7, 11) is 0. The number of ether oxygens (including phenoxy) is 2. The first kappa shape index (κ1) is 16.2. The van der Waals surface area contributed by atoms with Gasteiger partial charge in [-0.25, -0.2) is 0 Å². The molecule has 1 unspecified atom stereocenters. The van der Waals surface area contributed by atoms with Crippen molar-refractivity contribution in [2.24, 2.45) is 5.92 Å². The second kappa shape index (κ2) is 6.30. The third-order valence-corrected chi connectivity index (χ3v) is 5.56. The molecular weight excluding hydrogens is 344 g/mol. The van der Waals surface area contributed by atoms with Crippen molar-refractivity contribution in [2.45, 2.75) is 19.4 Å². The van der Waals surface area contributed by atoms with Crippen LogP contribution in [-0.4, -0.2) is 36.6 Å². The number of benzene rings is 2. The second-order valence-electron chi connectivity index (χ2n) is 7.22. The lowest BCUT2D eigenvalue weighted by Crippen LogP contribution is -2.40. The van der Waals surface area contributed by atoms with E-state index in [9.17, 15) is 9.59 Å². The molecule has 3 aliphatic rings. The Morgan fingerprint density at radius 3 is 2.56 bits per heavy atom. The van der Waals surface area contributed by atoms with E-state index in [0.717, 1.165) is 29.2 Å². The van der Waals surface area contributed by atoms with Crippen molar-refractivity contribution < 1.29 is 19.1 Å². The monoisotopic (exact) mass is 364 g/mol. The molecule has 0 spiro atoms. The lowest BCUT2D eigenvalue weighted by Gasteiger charge is -2.31. The molecule has 2 aromatic carbocycles. The quantitative estimate of drug-likeness (QED) is 0.821. The number of fused-ring (bicyclic) bond motifs is 2. The Bertz CT molecular complexity index is 912. The van der Waals surface area contributed by atoms with Crippen LogP contribution >= 0.6 is 0 Å². The summed E-state index contributed by atoms with van der Waals surface area (Å²) in [5.74, 6) is 1.32. The summed E-state index contributed by atoms with van der Waals surface area (Å²) in [6.45, 7) is 1.93. The van der Waals surface area contributed by atoms with Crippen molar-refractivity contribution in [3.63, 3.8) is 0 Å². The standard InChI is InChI=1S/C21H20N2O4/c24-20-10-16(12-23(20)17-4-2-1-3-5-17)21(25)22-7-6-14-8-18-19(27-13-26-18)9-15(14)11-22/h1-5,8-9,16H,6-7,10-13H2. The number of nitrogens with zero attached hydrogens (tertiary/aromatic N) is 2. The van der Waals surface area contributed by atoms with Crippen molar-refractivity contribution in [2.75, 3.05) is 24.8 Å². The summed E-state index contributed by atoms with van der Waals surface area (Å²) in [4.78, 5) is 29.1. The van der Waals surface area contributed by atoms with Gasteiger partial charge < -0.3 is 19.3 Å². The van der Waals surface area contributed by atoms with E-state index in [1.165, 1.54) is 5.56 Å². The highest BCUT2D eigenvalue weighted by Crippen LogP contribution is 2.37. The van der Waals surface area contributed by atoms with Crippen LogP contribution in [0.1, 0.15) is 17.5 Å². The average molecular weight is 364 g/mol. The molecule has 2 amide bonds. The van der Waals surface area contributed by atoms with Gasteiger partial charge in [-0.2, -0.15) is 0 Å². The molecule has 1 fully saturated rings. The average Bonchev–Trinajstić information content (AvgIpc) is 3.31. The predicted molar refractivity (Wildman–Crippen MR) is 98.6 cm³/mol. The molecule has 27 heavy (non-hydrogen) atoms. The first-order valence-electron chi connectivity index (χ1n) is 9.24. The normalized spacial score (nSPS) is 20.7. The van der Waals surface area contributed by atoms with Crippen LogP contribution in [0.15, 0.2) is 42.5 Å². The molecule has 6 heteroatoms. The Hall–Kier alpha value is -3.02. The van der Waals surface area contributed by atoms with E-state index in [2.05, 4.69) is 0 Å². The zero-order chi connectivity index (χ0) is 18.4. The number of hydrogen-bond donors (Lipinski definition) is 0. The fourth-order valence-corrected chi connectivity index (χ4v) is 4.12. The van der Waals surface area contributed by atoms with Gasteiger partial charge in [0.1, 0.15) is 0 Å². The topological polar surface area (TPSA) is 59.1 Å². The molecule has 1 atom stereocenters. The molecule has 138 valence electrons. The summed E-state index contributed by atoms with van der Waals surface area (Å²) in [6, 6.07) is 13.6. The van der Waals surface area contributed by atoms with E-state index in [-0.39, 0.29) is 30.9 Å². The van der Waals surface area contributed by atoms with Gasteiger partial charge in [-0.1, -0.05) is 18.2 Å². The Morgan fingerprint density at radius 2 is 1.78 bits per heavy atom. The minimum atomic E-state index is -0.284. The number of para-hydroxylation sites is 1. The van der Waals surface area contributed by atoms with Crippen LogP contribution in [0.5, 0.6) is 11.5 Å². The van der Waals surface area contributed by atoms with Gasteiger partial charge in [-0.15, -0.1) is 0 Å². The lowest BCUT2D eigenvalue weighted by molar-refractivity contribution is -0.136. The first-order valence-corrected chi connectivity index (χ1v) is 9.24. The van der Waals surface area contributed by atoms with Gasteiger partial charge >= 0.3 is 0 Å². The molecule has 6 nitrogen and oxygen atoms in total. The molecule has 3 heterocycles. The van der Waals surface area contributed by atoms with E-state index in [1.54, 1.807) is 4.90 Å². The molecule has 5 rings (SSSR count). The highest BCUT2D eigenvalue weighted by Gasteiger charge is 2.38. The van der Waals surface area contributed by atoms with E-state index in [1.807, 2.05) is 47.4 Å². The first-order chi connectivity index (χ1) is 13.2. The van der Waals surface area contributed by atoms with Gasteiger partial charge in [-0.05, 0) is 41.8 Å². The Morgan fingerprint density at radius 1 is 1.04 bits per heavy atom.